The van der Waals surface area contributed by atoms with Gasteiger partial charge in [0.05, 0.1) is 12.3 Å². The Labute approximate surface area is 108 Å². The molecule has 1 N–H and O–H groups in total. The van der Waals surface area contributed by atoms with Crippen LogP contribution >= 0.6 is 11.5 Å². The number of hydrogen-bond acceptors (Lipinski definition) is 4. The van der Waals surface area contributed by atoms with Gasteiger partial charge in [0.2, 0.25) is 0 Å². The van der Waals surface area contributed by atoms with Gasteiger partial charge in [0.1, 0.15) is 0 Å². The first kappa shape index (κ1) is 13.0. The van der Waals surface area contributed by atoms with E-state index in [-0.39, 0.29) is 0 Å². The zero-order chi connectivity index (χ0) is 12.3. The van der Waals surface area contributed by atoms with Crippen molar-refractivity contribution in [2.24, 2.45) is 5.92 Å². The fraction of sp³-hybridized carbons (Fsp3) is 0.769. The van der Waals surface area contributed by atoms with Crippen LogP contribution in [0.3, 0.4) is 0 Å². The number of aromatic nitrogens is 1. The molecule has 1 saturated heterocycles. The van der Waals surface area contributed by atoms with Gasteiger partial charge in [0.15, 0.2) is 0 Å². The molecule has 1 aromatic rings. The number of hydrogen-bond donors (Lipinski definition) is 1. The van der Waals surface area contributed by atoms with Crippen molar-refractivity contribution in [3.63, 3.8) is 0 Å². The van der Waals surface area contributed by atoms with E-state index in [0.717, 1.165) is 19.8 Å². The van der Waals surface area contributed by atoms with Crippen molar-refractivity contribution in [1.82, 2.24) is 9.69 Å². The van der Waals surface area contributed by atoms with E-state index >= 15 is 0 Å². The highest BCUT2D eigenvalue weighted by atomic mass is 32.1. The van der Waals surface area contributed by atoms with Crippen molar-refractivity contribution in [3.8, 4) is 0 Å². The van der Waals surface area contributed by atoms with Crippen molar-refractivity contribution in [3.05, 3.63) is 16.1 Å². The molecule has 2 atom stereocenters. The summed E-state index contributed by atoms with van der Waals surface area (Å²) in [4.78, 5) is 1.34. The second-order valence-electron chi connectivity index (χ2n) is 4.95. The smallest absolute Gasteiger partial charge is 0.0558 e. The highest BCUT2D eigenvalue weighted by Crippen LogP contribution is 2.20. The van der Waals surface area contributed by atoms with E-state index < -0.39 is 0 Å². The van der Waals surface area contributed by atoms with Gasteiger partial charge >= 0.3 is 0 Å². The molecule has 17 heavy (non-hydrogen) atoms. The summed E-state index contributed by atoms with van der Waals surface area (Å²) in [6.07, 6.45) is 2.49. The Kier molecular flexibility index (Phi) is 4.54. The van der Waals surface area contributed by atoms with Gasteiger partial charge in [-0.25, -0.2) is 0 Å². The first-order valence-corrected chi connectivity index (χ1v) is 7.18. The molecular formula is C13H22N2OS. The third kappa shape index (κ3) is 3.27. The molecular weight excluding hydrogens is 232 g/mol. The predicted molar refractivity (Wildman–Crippen MR) is 71.4 cm³/mol. The third-order valence-electron chi connectivity index (χ3n) is 3.68. The summed E-state index contributed by atoms with van der Waals surface area (Å²) in [7, 11) is 0. The second-order valence-corrected chi connectivity index (χ2v) is 5.93. The van der Waals surface area contributed by atoms with Gasteiger partial charge in [-0.3, -0.25) is 0 Å². The maximum atomic E-state index is 5.54. The van der Waals surface area contributed by atoms with Crippen LogP contribution in [0, 0.1) is 19.8 Å². The van der Waals surface area contributed by atoms with Crippen molar-refractivity contribution < 1.29 is 4.74 Å². The van der Waals surface area contributed by atoms with Gasteiger partial charge in [-0.1, -0.05) is 0 Å². The quantitative estimate of drug-likeness (QED) is 0.897. The standard InChI is InChI=1S/C13H22N2OS/c1-9(12-5-4-6-16-8-12)14-7-13-10(2)15-17-11(13)3/h9,12,14H,4-8H2,1-3H3/t9-,12+/m0/s1. The molecule has 0 saturated carbocycles. The summed E-state index contributed by atoms with van der Waals surface area (Å²) in [6.45, 7) is 9.30. The Balaban J connectivity index is 1.85. The molecule has 0 aliphatic carbocycles. The topological polar surface area (TPSA) is 34.2 Å². The molecule has 0 aromatic carbocycles. The third-order valence-corrected chi connectivity index (χ3v) is 4.57. The van der Waals surface area contributed by atoms with E-state index in [2.05, 4.69) is 30.5 Å². The van der Waals surface area contributed by atoms with Gasteiger partial charge in [0, 0.05) is 29.6 Å². The van der Waals surface area contributed by atoms with Gasteiger partial charge in [-0.05, 0) is 51.1 Å². The minimum atomic E-state index is 0.522. The molecule has 0 radical (unpaired) electrons. The largest absolute Gasteiger partial charge is 0.381 e. The van der Waals surface area contributed by atoms with Crippen LogP contribution in [0.2, 0.25) is 0 Å². The van der Waals surface area contributed by atoms with Crippen LogP contribution in [0.1, 0.15) is 35.9 Å². The minimum absolute atomic E-state index is 0.522. The highest BCUT2D eigenvalue weighted by molar-refractivity contribution is 7.05. The van der Waals surface area contributed by atoms with E-state index in [1.54, 1.807) is 11.5 Å². The number of rotatable bonds is 4. The molecule has 4 heteroatoms. The van der Waals surface area contributed by atoms with Gasteiger partial charge in [-0.2, -0.15) is 4.37 Å². The average molecular weight is 254 g/mol. The zero-order valence-electron chi connectivity index (χ0n) is 11.0. The van der Waals surface area contributed by atoms with Crippen molar-refractivity contribution in [1.29, 1.82) is 0 Å². The van der Waals surface area contributed by atoms with Crippen LogP contribution < -0.4 is 5.32 Å². The van der Waals surface area contributed by atoms with Crippen molar-refractivity contribution in [2.45, 2.75) is 46.2 Å². The average Bonchev–Trinajstić information content (AvgIpc) is 2.67. The molecule has 1 aliphatic rings. The first-order valence-electron chi connectivity index (χ1n) is 6.41. The lowest BCUT2D eigenvalue weighted by Crippen LogP contribution is -2.37. The van der Waals surface area contributed by atoms with E-state index in [0.29, 0.717) is 12.0 Å². The predicted octanol–water partition coefficient (Wildman–Crippen LogP) is 2.66. The monoisotopic (exact) mass is 254 g/mol. The molecule has 1 fully saturated rings. The fourth-order valence-electron chi connectivity index (χ4n) is 2.34. The summed E-state index contributed by atoms with van der Waals surface area (Å²) in [5.74, 6) is 0.663. The maximum absolute atomic E-state index is 5.54. The molecule has 2 heterocycles. The van der Waals surface area contributed by atoms with Crippen LogP contribution in [-0.2, 0) is 11.3 Å². The van der Waals surface area contributed by atoms with Crippen LogP contribution in [0.4, 0.5) is 0 Å². The molecule has 3 nitrogen and oxygen atoms in total. The summed E-state index contributed by atoms with van der Waals surface area (Å²) in [5.41, 5.74) is 2.55. The van der Waals surface area contributed by atoms with Crippen LogP contribution in [0.15, 0.2) is 0 Å². The minimum Gasteiger partial charge on any atom is -0.381 e. The summed E-state index contributed by atoms with van der Waals surface area (Å²) >= 11 is 1.60. The summed E-state index contributed by atoms with van der Waals surface area (Å²) in [5, 5.41) is 3.62. The SMILES string of the molecule is Cc1nsc(C)c1CN[C@@H](C)[C@@H]1CCCOC1. The Hall–Kier alpha value is -0.450. The molecule has 0 spiro atoms. The Morgan fingerprint density at radius 3 is 2.94 bits per heavy atom. The zero-order valence-corrected chi connectivity index (χ0v) is 11.8. The molecule has 2 rings (SSSR count). The number of nitrogens with one attached hydrogen (secondary N) is 1. The van der Waals surface area contributed by atoms with E-state index in [1.807, 2.05) is 0 Å². The highest BCUT2D eigenvalue weighted by Gasteiger charge is 2.20. The first-order chi connectivity index (χ1) is 8.18. The van der Waals surface area contributed by atoms with Gasteiger partial charge < -0.3 is 10.1 Å². The molecule has 96 valence electrons. The van der Waals surface area contributed by atoms with Gasteiger partial charge in [-0.15, -0.1) is 0 Å². The Bertz CT molecular complexity index is 339. The fourth-order valence-corrected chi connectivity index (χ4v) is 3.06. The molecule has 0 amide bonds. The molecule has 0 unspecified atom stereocenters. The van der Waals surface area contributed by atoms with Gasteiger partial charge in [0.25, 0.3) is 0 Å². The lowest BCUT2D eigenvalue weighted by Gasteiger charge is -2.28. The summed E-state index contributed by atoms with van der Waals surface area (Å²) < 4.78 is 9.92. The lowest BCUT2D eigenvalue weighted by atomic mass is 9.95. The molecule has 0 bridgehead atoms. The van der Waals surface area contributed by atoms with E-state index in [4.69, 9.17) is 4.74 Å². The van der Waals surface area contributed by atoms with Crippen molar-refractivity contribution in [2.75, 3.05) is 13.2 Å². The van der Waals surface area contributed by atoms with Crippen molar-refractivity contribution >= 4 is 11.5 Å². The lowest BCUT2D eigenvalue weighted by molar-refractivity contribution is 0.0417. The van der Waals surface area contributed by atoms with E-state index in [9.17, 15) is 0 Å². The normalized spacial score (nSPS) is 22.6. The maximum Gasteiger partial charge on any atom is 0.0558 e. The second kappa shape index (κ2) is 5.94. The summed E-state index contributed by atoms with van der Waals surface area (Å²) in [6, 6.07) is 0.522. The van der Waals surface area contributed by atoms with Crippen LogP contribution in [-0.4, -0.2) is 23.6 Å². The van der Waals surface area contributed by atoms with E-state index in [1.165, 1.54) is 29.0 Å². The van der Waals surface area contributed by atoms with Crippen LogP contribution in [0.25, 0.3) is 0 Å². The Morgan fingerprint density at radius 1 is 1.53 bits per heavy atom. The Morgan fingerprint density at radius 2 is 2.35 bits per heavy atom. The number of nitrogens with zero attached hydrogens (tertiary/aromatic N) is 1. The van der Waals surface area contributed by atoms with Crippen LogP contribution in [0.5, 0.6) is 0 Å². The number of ether oxygens (including phenoxy) is 1. The number of aryl methyl sites for hydroxylation is 2. The molecule has 1 aliphatic heterocycles. The molecule has 1 aromatic heterocycles.